The largest absolute Gasteiger partial charge is 0.481 e. The Hall–Kier alpha value is -1.82. The maximum Gasteiger partial charge on any atom is 0.336 e. The molecular formula is C18H28O10. The Morgan fingerprint density at radius 1 is 1.18 bits per heavy atom. The van der Waals surface area contributed by atoms with Crippen LogP contribution in [-0.2, 0) is 19.1 Å². The van der Waals surface area contributed by atoms with Gasteiger partial charge in [0.1, 0.15) is 24.4 Å². The summed E-state index contributed by atoms with van der Waals surface area (Å²) in [7, 11) is 0. The quantitative estimate of drug-likeness (QED) is 0.154. The molecule has 160 valence electrons. The summed E-state index contributed by atoms with van der Waals surface area (Å²) in [6.07, 6.45) is -3.95. The minimum absolute atomic E-state index is 0.145. The van der Waals surface area contributed by atoms with Crippen molar-refractivity contribution in [1.82, 2.24) is 0 Å². The highest BCUT2D eigenvalue weighted by Crippen LogP contribution is 2.22. The number of hydrogen-bond donors (Lipinski definition) is 6. The third kappa shape index (κ3) is 6.97. The highest BCUT2D eigenvalue weighted by atomic mass is 16.7. The summed E-state index contributed by atoms with van der Waals surface area (Å²) in [5.74, 6) is -2.22. The van der Waals surface area contributed by atoms with Gasteiger partial charge in [0.2, 0.25) is 6.29 Å². The van der Waals surface area contributed by atoms with Crippen LogP contribution in [-0.4, -0.2) is 86.0 Å². The van der Waals surface area contributed by atoms with Crippen molar-refractivity contribution in [3.8, 4) is 0 Å². The van der Waals surface area contributed by atoms with E-state index in [1.165, 1.54) is 19.1 Å². The van der Waals surface area contributed by atoms with Gasteiger partial charge >= 0.3 is 11.9 Å². The van der Waals surface area contributed by atoms with Crippen LogP contribution in [0.15, 0.2) is 23.8 Å². The molecule has 0 saturated carbocycles. The maximum atomic E-state index is 12.1. The monoisotopic (exact) mass is 404 g/mol. The third-order valence-electron chi connectivity index (χ3n) is 4.42. The summed E-state index contributed by atoms with van der Waals surface area (Å²) in [5, 5.41) is 56.6. The molecule has 6 N–H and O–H groups in total. The first-order valence-electron chi connectivity index (χ1n) is 8.83. The van der Waals surface area contributed by atoms with Gasteiger partial charge in [0.05, 0.1) is 19.1 Å². The highest BCUT2D eigenvalue weighted by molar-refractivity contribution is 5.88. The number of carboxylic acids is 1. The molecule has 1 aliphatic rings. The smallest absolute Gasteiger partial charge is 0.336 e. The summed E-state index contributed by atoms with van der Waals surface area (Å²) in [6.45, 7) is 2.50. The van der Waals surface area contributed by atoms with E-state index in [4.69, 9.17) is 19.7 Å². The molecule has 0 aliphatic carbocycles. The molecule has 0 aromatic carbocycles. The Kier molecular flexibility index (Phi) is 9.73. The van der Waals surface area contributed by atoms with Crippen molar-refractivity contribution in [1.29, 1.82) is 0 Å². The van der Waals surface area contributed by atoms with Crippen LogP contribution in [0.4, 0.5) is 0 Å². The lowest BCUT2D eigenvalue weighted by atomic mass is 9.98. The van der Waals surface area contributed by atoms with Crippen LogP contribution in [0.2, 0.25) is 0 Å². The number of carbonyl (C=O) groups is 2. The van der Waals surface area contributed by atoms with E-state index in [1.807, 2.05) is 0 Å². The van der Waals surface area contributed by atoms with Crippen molar-refractivity contribution >= 4 is 11.9 Å². The van der Waals surface area contributed by atoms with Crippen molar-refractivity contribution in [2.24, 2.45) is 5.92 Å². The number of carbonyl (C=O) groups excluding carboxylic acids is 1. The normalized spacial score (nSPS) is 30.8. The molecule has 1 saturated heterocycles. The van der Waals surface area contributed by atoms with Gasteiger partial charge < -0.3 is 40.1 Å². The van der Waals surface area contributed by atoms with E-state index in [0.29, 0.717) is 6.42 Å². The second-order valence-electron chi connectivity index (χ2n) is 6.76. The van der Waals surface area contributed by atoms with Crippen molar-refractivity contribution in [3.05, 3.63) is 23.8 Å². The molecule has 1 aliphatic heterocycles. The second-order valence-corrected chi connectivity index (χ2v) is 6.76. The molecular weight excluding hydrogens is 376 g/mol. The molecule has 0 aromatic rings. The summed E-state index contributed by atoms with van der Waals surface area (Å²) < 4.78 is 10.1. The van der Waals surface area contributed by atoms with Crippen LogP contribution in [0.1, 0.15) is 26.7 Å². The van der Waals surface area contributed by atoms with Crippen LogP contribution in [0.25, 0.3) is 0 Å². The van der Waals surface area contributed by atoms with E-state index in [9.17, 15) is 30.0 Å². The molecule has 0 radical (unpaired) electrons. The number of carboxylic acid groups (broad SMARTS) is 1. The summed E-state index contributed by atoms with van der Waals surface area (Å²) in [4.78, 5) is 22.6. The summed E-state index contributed by atoms with van der Waals surface area (Å²) in [5.41, 5.74) is 0.145. The highest BCUT2D eigenvalue weighted by Gasteiger charge is 2.45. The van der Waals surface area contributed by atoms with Crippen LogP contribution in [0, 0.1) is 5.92 Å². The number of hydrogen-bond acceptors (Lipinski definition) is 9. The van der Waals surface area contributed by atoms with E-state index in [0.717, 1.165) is 0 Å². The minimum Gasteiger partial charge on any atom is -0.481 e. The first-order valence-corrected chi connectivity index (χ1v) is 8.83. The van der Waals surface area contributed by atoms with Gasteiger partial charge in [-0.05, 0) is 19.3 Å². The molecule has 0 aromatic heterocycles. The zero-order valence-electron chi connectivity index (χ0n) is 15.7. The van der Waals surface area contributed by atoms with E-state index >= 15 is 0 Å². The van der Waals surface area contributed by atoms with Gasteiger partial charge in [-0.1, -0.05) is 25.2 Å². The van der Waals surface area contributed by atoms with E-state index in [2.05, 4.69) is 0 Å². The van der Waals surface area contributed by atoms with Crippen LogP contribution < -0.4 is 0 Å². The lowest BCUT2D eigenvalue weighted by Crippen LogP contribution is -2.59. The zero-order valence-corrected chi connectivity index (χ0v) is 15.7. The third-order valence-corrected chi connectivity index (χ3v) is 4.42. The molecule has 0 spiro atoms. The number of esters is 1. The number of rotatable bonds is 9. The van der Waals surface area contributed by atoms with Crippen LogP contribution in [0.5, 0.6) is 0 Å². The van der Waals surface area contributed by atoms with Gasteiger partial charge in [-0.15, -0.1) is 0 Å². The zero-order chi connectivity index (χ0) is 21.4. The Morgan fingerprint density at radius 2 is 1.82 bits per heavy atom. The SMILES string of the molecule is C/C(=C\C=C\CC(C)C(O)CC(=O)O)C(=O)O[C@@H]1O[C@H](CO)[C@@H](O)[C@H](O)[C@H]1O. The lowest BCUT2D eigenvalue weighted by Gasteiger charge is -2.39. The van der Waals surface area contributed by atoms with Gasteiger partial charge in [-0.2, -0.15) is 0 Å². The number of ether oxygens (including phenoxy) is 2. The summed E-state index contributed by atoms with van der Waals surface area (Å²) in [6, 6.07) is 0. The van der Waals surface area contributed by atoms with E-state index in [-0.39, 0.29) is 17.9 Å². The fourth-order valence-electron chi connectivity index (χ4n) is 2.47. The number of allylic oxidation sites excluding steroid dienone is 3. The van der Waals surface area contributed by atoms with Gasteiger partial charge in [0, 0.05) is 5.57 Å². The van der Waals surface area contributed by atoms with Crippen molar-refractivity contribution in [3.63, 3.8) is 0 Å². The van der Waals surface area contributed by atoms with E-state index < -0.39 is 55.4 Å². The number of aliphatic carboxylic acids is 1. The fourth-order valence-corrected chi connectivity index (χ4v) is 2.47. The fraction of sp³-hybridized carbons (Fsp3) is 0.667. The van der Waals surface area contributed by atoms with Gasteiger partial charge in [-0.25, -0.2) is 4.79 Å². The predicted octanol–water partition coefficient (Wildman–Crippen LogP) is -1.31. The second kappa shape index (κ2) is 11.2. The standard InChI is InChI=1S/C18H28O10/c1-9(11(20)7-13(21)22)5-3-4-6-10(2)17(26)28-18-16(25)15(24)14(23)12(8-19)27-18/h3-4,6,9,11-12,14-16,18-20,23-25H,5,7-8H2,1-2H3,(H,21,22)/b4-3+,10-6+/t9?,11?,12-,14-,15+,16-,18+/m1/s1. The Balaban J connectivity index is 2.58. The minimum atomic E-state index is -1.68. The Labute approximate surface area is 162 Å². The molecule has 1 fully saturated rings. The topological polar surface area (TPSA) is 174 Å². The first-order chi connectivity index (χ1) is 13.1. The van der Waals surface area contributed by atoms with Crippen LogP contribution in [0.3, 0.4) is 0 Å². The average Bonchev–Trinajstić information content (AvgIpc) is 2.64. The first kappa shape index (κ1) is 24.2. The van der Waals surface area contributed by atoms with Gasteiger partial charge in [-0.3, -0.25) is 4.79 Å². The molecule has 7 atom stereocenters. The molecule has 2 unspecified atom stereocenters. The predicted molar refractivity (Wildman–Crippen MR) is 94.8 cm³/mol. The van der Waals surface area contributed by atoms with Crippen molar-refractivity contribution in [2.45, 2.75) is 63.5 Å². The maximum absolute atomic E-state index is 12.1. The van der Waals surface area contributed by atoms with E-state index in [1.54, 1.807) is 13.0 Å². The Morgan fingerprint density at radius 3 is 2.39 bits per heavy atom. The van der Waals surface area contributed by atoms with Crippen molar-refractivity contribution < 1.29 is 49.7 Å². The number of aliphatic hydroxyl groups excluding tert-OH is 5. The summed E-state index contributed by atoms with van der Waals surface area (Å²) >= 11 is 0. The van der Waals surface area contributed by atoms with Gasteiger partial charge in [0.15, 0.2) is 0 Å². The average molecular weight is 404 g/mol. The van der Waals surface area contributed by atoms with Crippen LogP contribution >= 0.6 is 0 Å². The van der Waals surface area contributed by atoms with Gasteiger partial charge in [0.25, 0.3) is 0 Å². The molecule has 1 rings (SSSR count). The van der Waals surface area contributed by atoms with Crippen molar-refractivity contribution in [2.75, 3.05) is 6.61 Å². The Bertz CT molecular complexity index is 585. The molecule has 10 nitrogen and oxygen atoms in total. The molecule has 1 heterocycles. The molecule has 10 heteroatoms. The molecule has 0 bridgehead atoms. The lowest BCUT2D eigenvalue weighted by molar-refractivity contribution is -0.291. The molecule has 0 amide bonds. The number of aliphatic hydroxyl groups is 5. The molecule has 28 heavy (non-hydrogen) atoms.